The van der Waals surface area contributed by atoms with Crippen LogP contribution in [0.2, 0.25) is 0 Å². The fourth-order valence-corrected chi connectivity index (χ4v) is 6.60. The van der Waals surface area contributed by atoms with E-state index in [1.807, 2.05) is 0 Å². The Morgan fingerprint density at radius 3 is 2.24 bits per heavy atom. The molecule has 1 N–H and O–H groups in total. The fraction of sp³-hybridized carbons (Fsp3) is 0.650. The maximum absolute atomic E-state index is 14.7. The van der Waals surface area contributed by atoms with Crippen LogP contribution in [0.15, 0.2) is 17.0 Å². The summed E-state index contributed by atoms with van der Waals surface area (Å²) in [5, 5.41) is 3.00. The molecule has 0 bridgehead atoms. The number of hydrogen-bond donors (Lipinski definition) is 1. The molecular formula is C20H27F2N3O3S. The minimum atomic E-state index is -4.02. The summed E-state index contributed by atoms with van der Waals surface area (Å²) in [5.74, 6) is -1.77. The van der Waals surface area contributed by atoms with Gasteiger partial charge < -0.3 is 10.2 Å². The third-order valence-corrected chi connectivity index (χ3v) is 8.67. The van der Waals surface area contributed by atoms with Gasteiger partial charge >= 0.3 is 0 Å². The summed E-state index contributed by atoms with van der Waals surface area (Å²) in [5.41, 5.74) is 0.0761. The Kier molecular flexibility index (Phi) is 5.54. The number of piperazine rings is 1. The Labute approximate surface area is 170 Å². The zero-order valence-corrected chi connectivity index (χ0v) is 17.2. The Hall–Kier alpha value is -1.74. The lowest BCUT2D eigenvalue weighted by Crippen LogP contribution is -2.48. The van der Waals surface area contributed by atoms with Crippen molar-refractivity contribution >= 4 is 22.1 Å². The number of anilines is 1. The minimum Gasteiger partial charge on any atom is -0.378 e. The third kappa shape index (κ3) is 3.99. The summed E-state index contributed by atoms with van der Waals surface area (Å²) < 4.78 is 56.1. The van der Waals surface area contributed by atoms with Crippen LogP contribution in [0, 0.1) is 17.0 Å². The van der Waals surface area contributed by atoms with Crippen molar-refractivity contribution in [3.63, 3.8) is 0 Å². The highest BCUT2D eigenvalue weighted by atomic mass is 32.2. The largest absolute Gasteiger partial charge is 0.378 e. The number of carbonyl (C=O) groups is 1. The summed E-state index contributed by atoms with van der Waals surface area (Å²) >= 11 is 0. The molecule has 2 aliphatic carbocycles. The van der Waals surface area contributed by atoms with E-state index in [4.69, 9.17) is 0 Å². The zero-order chi connectivity index (χ0) is 20.6. The predicted molar refractivity (Wildman–Crippen MR) is 105 cm³/mol. The lowest BCUT2D eigenvalue weighted by molar-refractivity contribution is -0.119. The van der Waals surface area contributed by atoms with Crippen LogP contribution in [0.3, 0.4) is 0 Å². The number of benzene rings is 1. The monoisotopic (exact) mass is 427 g/mol. The molecule has 9 heteroatoms. The van der Waals surface area contributed by atoms with Gasteiger partial charge in [0.05, 0.1) is 4.90 Å². The normalized spacial score (nSPS) is 24.9. The van der Waals surface area contributed by atoms with Gasteiger partial charge in [-0.1, -0.05) is 12.8 Å². The van der Waals surface area contributed by atoms with Crippen molar-refractivity contribution < 1.29 is 22.0 Å². The maximum Gasteiger partial charge on any atom is 0.243 e. The molecule has 3 fully saturated rings. The van der Waals surface area contributed by atoms with Crippen LogP contribution >= 0.6 is 0 Å². The fourth-order valence-electron chi connectivity index (χ4n) is 5.15. The van der Waals surface area contributed by atoms with Gasteiger partial charge in [-0.3, -0.25) is 4.79 Å². The van der Waals surface area contributed by atoms with Crippen LogP contribution in [0.5, 0.6) is 0 Å². The number of halogens is 2. The van der Waals surface area contributed by atoms with E-state index in [1.54, 1.807) is 0 Å². The van der Waals surface area contributed by atoms with Gasteiger partial charge in [0.1, 0.15) is 5.69 Å². The van der Waals surface area contributed by atoms with Crippen LogP contribution in [0.4, 0.5) is 14.5 Å². The van der Waals surface area contributed by atoms with Crippen LogP contribution in [-0.2, 0) is 14.8 Å². The van der Waals surface area contributed by atoms with Gasteiger partial charge in [-0.05, 0) is 49.7 Å². The van der Waals surface area contributed by atoms with Crippen molar-refractivity contribution in [1.82, 2.24) is 9.21 Å². The van der Waals surface area contributed by atoms with Gasteiger partial charge in [-0.25, -0.2) is 17.2 Å². The SMILES string of the molecule is O=CN1CCN(S(=O)(=O)c2cc(F)c(NC3CCC4(CCCC4)C3)c(F)c2)CC1. The molecule has 1 atom stereocenters. The lowest BCUT2D eigenvalue weighted by atomic mass is 9.84. The average molecular weight is 428 g/mol. The van der Waals surface area contributed by atoms with Crippen LogP contribution < -0.4 is 5.32 Å². The first-order valence-corrected chi connectivity index (χ1v) is 11.7. The highest BCUT2D eigenvalue weighted by Gasteiger charge is 2.41. The summed E-state index contributed by atoms with van der Waals surface area (Å²) in [6.45, 7) is 0.733. The number of sulfonamides is 1. The van der Waals surface area contributed by atoms with E-state index >= 15 is 0 Å². The second kappa shape index (κ2) is 7.83. The summed E-state index contributed by atoms with van der Waals surface area (Å²) in [6.07, 6.45) is 8.35. The van der Waals surface area contributed by atoms with Gasteiger partial charge in [0.2, 0.25) is 16.4 Å². The molecule has 1 unspecified atom stereocenters. The molecule has 0 radical (unpaired) electrons. The molecule has 29 heavy (non-hydrogen) atoms. The van der Waals surface area contributed by atoms with E-state index in [-0.39, 0.29) is 37.9 Å². The molecule has 4 rings (SSSR count). The molecule has 1 heterocycles. The molecule has 1 aliphatic heterocycles. The highest BCUT2D eigenvalue weighted by molar-refractivity contribution is 7.89. The number of rotatable bonds is 5. The van der Waals surface area contributed by atoms with Gasteiger partial charge in [-0.2, -0.15) is 4.31 Å². The van der Waals surface area contributed by atoms with Crippen molar-refractivity contribution in [1.29, 1.82) is 0 Å². The second-order valence-electron chi connectivity index (χ2n) is 8.60. The standard InChI is InChI=1S/C20H27F2N3O3S/c21-17-11-16(29(27,28)25-9-7-24(14-26)8-10-25)12-18(22)19(17)23-15-3-6-20(13-15)4-1-2-5-20/h11-12,14-15,23H,1-10,13H2. The van der Waals surface area contributed by atoms with Crippen molar-refractivity contribution in [2.24, 2.45) is 5.41 Å². The average Bonchev–Trinajstić information content (AvgIpc) is 3.34. The quantitative estimate of drug-likeness (QED) is 0.734. The van der Waals surface area contributed by atoms with Crippen molar-refractivity contribution in [3.05, 3.63) is 23.8 Å². The zero-order valence-electron chi connectivity index (χ0n) is 16.4. The number of carbonyl (C=O) groups excluding carboxylic acids is 1. The highest BCUT2D eigenvalue weighted by Crippen LogP contribution is 2.51. The predicted octanol–water partition coefficient (Wildman–Crippen LogP) is 2.95. The smallest absolute Gasteiger partial charge is 0.243 e. The molecule has 3 aliphatic rings. The molecule has 1 saturated heterocycles. The minimum absolute atomic E-state index is 0.0102. The summed E-state index contributed by atoms with van der Waals surface area (Å²) in [7, 11) is -4.02. The van der Waals surface area contributed by atoms with Crippen molar-refractivity contribution in [2.75, 3.05) is 31.5 Å². The molecule has 1 aromatic carbocycles. The van der Waals surface area contributed by atoms with E-state index in [0.717, 1.165) is 35.7 Å². The molecule has 1 spiro atoms. The maximum atomic E-state index is 14.7. The summed E-state index contributed by atoms with van der Waals surface area (Å²) in [4.78, 5) is 11.9. The molecule has 6 nitrogen and oxygen atoms in total. The molecule has 2 saturated carbocycles. The lowest BCUT2D eigenvalue weighted by Gasteiger charge is -2.31. The Morgan fingerprint density at radius 2 is 1.66 bits per heavy atom. The Balaban J connectivity index is 1.49. The van der Waals surface area contributed by atoms with Gasteiger partial charge in [0.25, 0.3) is 0 Å². The summed E-state index contributed by atoms with van der Waals surface area (Å²) in [6, 6.07) is 1.80. The third-order valence-electron chi connectivity index (χ3n) is 6.79. The van der Waals surface area contributed by atoms with E-state index < -0.39 is 26.6 Å². The first kappa shape index (κ1) is 20.5. The van der Waals surface area contributed by atoms with Crippen LogP contribution in [0.25, 0.3) is 0 Å². The number of hydrogen-bond acceptors (Lipinski definition) is 4. The number of amides is 1. The molecule has 0 aromatic heterocycles. The van der Waals surface area contributed by atoms with Crippen LogP contribution in [-0.4, -0.2) is 56.3 Å². The van der Waals surface area contributed by atoms with E-state index in [2.05, 4.69) is 5.32 Å². The second-order valence-corrected chi connectivity index (χ2v) is 10.5. The van der Waals surface area contributed by atoms with Gasteiger partial charge in [-0.15, -0.1) is 0 Å². The van der Waals surface area contributed by atoms with Crippen LogP contribution in [0.1, 0.15) is 44.9 Å². The van der Waals surface area contributed by atoms with Crippen molar-refractivity contribution in [3.8, 4) is 0 Å². The first-order valence-electron chi connectivity index (χ1n) is 10.3. The topological polar surface area (TPSA) is 69.7 Å². The first-order chi connectivity index (χ1) is 13.8. The molecule has 160 valence electrons. The molecular weight excluding hydrogens is 400 g/mol. The number of nitrogens with zero attached hydrogens (tertiary/aromatic N) is 2. The van der Waals surface area contributed by atoms with Crippen molar-refractivity contribution in [2.45, 2.75) is 55.9 Å². The van der Waals surface area contributed by atoms with E-state index in [1.165, 1.54) is 30.6 Å². The van der Waals surface area contributed by atoms with E-state index in [9.17, 15) is 22.0 Å². The number of nitrogens with one attached hydrogen (secondary N) is 1. The van der Waals surface area contributed by atoms with E-state index in [0.29, 0.717) is 11.8 Å². The Morgan fingerprint density at radius 1 is 1.03 bits per heavy atom. The van der Waals surface area contributed by atoms with Gasteiger partial charge in [0.15, 0.2) is 11.6 Å². The molecule has 1 amide bonds. The van der Waals surface area contributed by atoms with Gasteiger partial charge in [0, 0.05) is 32.2 Å². The molecule has 1 aromatic rings. The Bertz CT molecular complexity index is 856.